The summed E-state index contributed by atoms with van der Waals surface area (Å²) < 4.78 is 0. The molecule has 0 nitrogen and oxygen atoms in total. The first-order chi connectivity index (χ1) is 7.33. The van der Waals surface area contributed by atoms with E-state index in [1.165, 1.54) is 25.7 Å². The van der Waals surface area contributed by atoms with E-state index in [1.807, 2.05) is 0 Å². The minimum atomic E-state index is 0.833. The Morgan fingerprint density at radius 1 is 0.625 bits per heavy atom. The molecular weight excluding hydrogens is 192 g/mol. The predicted octanol–water partition coefficient (Wildman–Crippen LogP) is 6.94. The Kier molecular flexibility index (Phi) is 45.9. The van der Waals surface area contributed by atoms with Crippen molar-refractivity contribution in [1.82, 2.24) is 0 Å². The minimum Gasteiger partial charge on any atom is -0.0656 e. The first-order valence-corrected chi connectivity index (χ1v) is 7.33. The van der Waals surface area contributed by atoms with Gasteiger partial charge in [0.05, 0.1) is 0 Å². The van der Waals surface area contributed by atoms with Crippen molar-refractivity contribution in [3.8, 4) is 0 Å². The largest absolute Gasteiger partial charge is 0.0656 e. The zero-order valence-electron chi connectivity index (χ0n) is 14.0. The Balaban J connectivity index is -0.0000000610. The fraction of sp³-hybridized carbons (Fsp3) is 1.00. The summed E-state index contributed by atoms with van der Waals surface area (Å²) in [5, 5.41) is 0. The highest BCUT2D eigenvalue weighted by atomic mass is 13.9. The zero-order valence-corrected chi connectivity index (χ0v) is 14.0. The summed E-state index contributed by atoms with van der Waals surface area (Å²) in [6.45, 7) is 21.8. The number of hydrogen-bond acceptors (Lipinski definition) is 0. The molecule has 0 heterocycles. The van der Waals surface area contributed by atoms with Crippen LogP contribution in [0.2, 0.25) is 0 Å². The second-order valence-corrected chi connectivity index (χ2v) is 5.24. The highest BCUT2D eigenvalue weighted by molar-refractivity contribution is 4.32. The first-order valence-electron chi connectivity index (χ1n) is 7.33. The Labute approximate surface area is 107 Å². The van der Waals surface area contributed by atoms with Crippen LogP contribution in [0.3, 0.4) is 0 Å². The average Bonchev–Trinajstić information content (AvgIpc) is 2.18. The SMILES string of the molecule is CC(C)C.CCC.CCC(C)C.CCCC. The number of unbranched alkanes of at least 4 members (excludes halogenated alkanes) is 1. The van der Waals surface area contributed by atoms with Crippen LogP contribution in [0.15, 0.2) is 0 Å². The van der Waals surface area contributed by atoms with Crippen molar-refractivity contribution in [2.24, 2.45) is 11.8 Å². The summed E-state index contributed by atoms with van der Waals surface area (Å²) in [5.41, 5.74) is 0. The lowest BCUT2D eigenvalue weighted by Gasteiger charge is -1.90. The van der Waals surface area contributed by atoms with Crippen molar-refractivity contribution in [2.45, 2.75) is 94.9 Å². The van der Waals surface area contributed by atoms with Gasteiger partial charge in [0.15, 0.2) is 0 Å². The maximum atomic E-state index is 2.22. The van der Waals surface area contributed by atoms with E-state index in [9.17, 15) is 0 Å². The molecule has 104 valence electrons. The van der Waals surface area contributed by atoms with E-state index >= 15 is 0 Å². The summed E-state index contributed by atoms with van der Waals surface area (Å²) >= 11 is 0. The highest BCUT2D eigenvalue weighted by Crippen LogP contribution is 1.93. The molecule has 0 fully saturated rings. The van der Waals surface area contributed by atoms with Gasteiger partial charge in [0, 0.05) is 0 Å². The van der Waals surface area contributed by atoms with Crippen molar-refractivity contribution in [3.63, 3.8) is 0 Å². The monoisotopic (exact) mass is 232 g/mol. The second kappa shape index (κ2) is 29.4. The van der Waals surface area contributed by atoms with E-state index in [0.29, 0.717) is 0 Å². The molecular formula is C16H40. The van der Waals surface area contributed by atoms with Crippen molar-refractivity contribution < 1.29 is 0 Å². The van der Waals surface area contributed by atoms with Crippen LogP contribution in [-0.2, 0) is 0 Å². The van der Waals surface area contributed by atoms with Gasteiger partial charge in [-0.05, 0) is 11.8 Å². The lowest BCUT2D eigenvalue weighted by atomic mass is 10.2. The van der Waals surface area contributed by atoms with Crippen LogP contribution in [0.5, 0.6) is 0 Å². The third-order valence-corrected chi connectivity index (χ3v) is 1.32. The normalized spacial score (nSPS) is 8.25. The van der Waals surface area contributed by atoms with Crippen LogP contribution < -0.4 is 0 Å². The molecule has 0 spiro atoms. The first kappa shape index (κ1) is 25.0. The van der Waals surface area contributed by atoms with Crippen LogP contribution in [0, 0.1) is 11.8 Å². The molecule has 0 aliphatic heterocycles. The molecule has 0 rings (SSSR count). The van der Waals surface area contributed by atoms with Gasteiger partial charge in [-0.2, -0.15) is 0 Å². The molecule has 0 aliphatic carbocycles. The lowest BCUT2D eigenvalue weighted by molar-refractivity contribution is 0.626. The van der Waals surface area contributed by atoms with E-state index in [-0.39, 0.29) is 0 Å². The molecule has 0 aromatic heterocycles. The van der Waals surface area contributed by atoms with Crippen molar-refractivity contribution in [2.75, 3.05) is 0 Å². The van der Waals surface area contributed by atoms with E-state index in [2.05, 4.69) is 69.2 Å². The third-order valence-electron chi connectivity index (χ3n) is 1.32. The van der Waals surface area contributed by atoms with Crippen LogP contribution >= 0.6 is 0 Å². The summed E-state index contributed by atoms with van der Waals surface area (Å²) in [7, 11) is 0. The fourth-order valence-corrected chi connectivity index (χ4v) is 0. The molecule has 0 amide bonds. The quantitative estimate of drug-likeness (QED) is 0.484. The van der Waals surface area contributed by atoms with Crippen molar-refractivity contribution in [3.05, 3.63) is 0 Å². The van der Waals surface area contributed by atoms with Crippen LogP contribution in [0.1, 0.15) is 94.9 Å². The van der Waals surface area contributed by atoms with Gasteiger partial charge in [-0.25, -0.2) is 0 Å². The molecule has 0 N–H and O–H groups in total. The van der Waals surface area contributed by atoms with E-state index in [1.54, 1.807) is 0 Å². The minimum absolute atomic E-state index is 0.833. The molecule has 0 aliphatic rings. The molecule has 0 saturated heterocycles. The topological polar surface area (TPSA) is 0 Å². The molecule has 0 aromatic carbocycles. The molecule has 16 heavy (non-hydrogen) atoms. The molecule has 0 bridgehead atoms. The molecule has 0 atom stereocenters. The smallest absolute Gasteiger partial charge is 0.0474 e. The summed E-state index contributed by atoms with van der Waals surface area (Å²) in [6.07, 6.45) is 5.19. The third kappa shape index (κ3) is 263. The van der Waals surface area contributed by atoms with Crippen LogP contribution in [0.4, 0.5) is 0 Å². The van der Waals surface area contributed by atoms with Gasteiger partial charge in [0.2, 0.25) is 0 Å². The number of rotatable bonds is 2. The lowest BCUT2D eigenvalue weighted by Crippen LogP contribution is -1.77. The van der Waals surface area contributed by atoms with Crippen molar-refractivity contribution in [1.29, 1.82) is 0 Å². The van der Waals surface area contributed by atoms with Gasteiger partial charge in [-0.1, -0.05) is 94.9 Å². The van der Waals surface area contributed by atoms with Crippen molar-refractivity contribution >= 4 is 0 Å². The molecule has 0 heteroatoms. The van der Waals surface area contributed by atoms with Gasteiger partial charge in [0.25, 0.3) is 0 Å². The Morgan fingerprint density at radius 2 is 0.750 bits per heavy atom. The molecule has 0 aromatic rings. The highest BCUT2D eigenvalue weighted by Gasteiger charge is 1.80. The number of hydrogen-bond donors (Lipinski definition) is 0. The molecule has 0 unspecified atom stereocenters. The average molecular weight is 232 g/mol. The summed E-state index contributed by atoms with van der Waals surface area (Å²) in [4.78, 5) is 0. The van der Waals surface area contributed by atoms with Crippen LogP contribution in [0.25, 0.3) is 0 Å². The molecule has 0 radical (unpaired) electrons. The Bertz CT molecular complexity index is 57.7. The zero-order chi connectivity index (χ0) is 14.0. The maximum absolute atomic E-state index is 2.22. The van der Waals surface area contributed by atoms with E-state index < -0.39 is 0 Å². The Morgan fingerprint density at radius 3 is 0.750 bits per heavy atom. The fourth-order valence-electron chi connectivity index (χ4n) is 0. The van der Waals surface area contributed by atoms with Gasteiger partial charge in [-0.15, -0.1) is 0 Å². The van der Waals surface area contributed by atoms with E-state index in [4.69, 9.17) is 0 Å². The molecule has 0 saturated carbocycles. The summed E-state index contributed by atoms with van der Waals surface area (Å²) in [5.74, 6) is 1.72. The van der Waals surface area contributed by atoms with Crippen LogP contribution in [-0.4, -0.2) is 0 Å². The standard InChI is InChI=1S/C5H12.2C4H10.C3H8/c1-4-5(2)3;1-4(2)3;1-3-4-2;1-3-2/h5H,4H2,1-3H3;4H,1-3H3;3-4H2,1-2H3;3H2,1-2H3. The Hall–Kier alpha value is 0. The van der Waals surface area contributed by atoms with Gasteiger partial charge < -0.3 is 0 Å². The van der Waals surface area contributed by atoms with Gasteiger partial charge in [-0.3, -0.25) is 0 Å². The van der Waals surface area contributed by atoms with Gasteiger partial charge in [0.1, 0.15) is 0 Å². The predicted molar refractivity (Wildman–Crippen MR) is 82.2 cm³/mol. The second-order valence-electron chi connectivity index (χ2n) is 5.24. The van der Waals surface area contributed by atoms with E-state index in [0.717, 1.165) is 11.8 Å². The maximum Gasteiger partial charge on any atom is -0.0474 e. The summed E-state index contributed by atoms with van der Waals surface area (Å²) in [6, 6.07) is 0. The van der Waals surface area contributed by atoms with Gasteiger partial charge >= 0.3 is 0 Å².